The van der Waals surface area contributed by atoms with E-state index in [-0.39, 0.29) is 11.3 Å². The first kappa shape index (κ1) is 13.5. The number of carboxylic acid groups (broad SMARTS) is 1. The summed E-state index contributed by atoms with van der Waals surface area (Å²) in [5, 5.41) is 17.2. The second-order valence-corrected chi connectivity index (χ2v) is 4.10. The van der Waals surface area contributed by atoms with E-state index in [4.69, 9.17) is 5.11 Å². The van der Waals surface area contributed by atoms with Crippen molar-refractivity contribution in [3.05, 3.63) is 57.5 Å². The Morgan fingerprint density at radius 2 is 2.00 bits per heavy atom. The number of rotatable bonds is 3. The van der Waals surface area contributed by atoms with Crippen molar-refractivity contribution in [3.8, 4) is 0 Å². The van der Waals surface area contributed by atoms with E-state index in [1.54, 1.807) is 19.1 Å². The lowest BCUT2D eigenvalue weighted by molar-refractivity contribution is 0.0695. The Hall–Kier alpha value is -2.96. The van der Waals surface area contributed by atoms with Crippen LogP contribution in [0.2, 0.25) is 0 Å². The maximum Gasteiger partial charge on any atom is 0.336 e. The van der Waals surface area contributed by atoms with Crippen LogP contribution in [0.4, 0.5) is 5.69 Å². The zero-order valence-corrected chi connectivity index (χ0v) is 10.5. The predicted molar refractivity (Wildman–Crippen MR) is 70.9 cm³/mol. The standard InChI is InChI=1S/C13H11N3O4/c1-7-2-3-8(6-9(7)13(19)20)14-12(18)10-4-5-11(17)16-15-10/h2-6H,1H3,(H,14,18)(H,16,17)(H,19,20). The summed E-state index contributed by atoms with van der Waals surface area (Å²) in [4.78, 5) is 33.7. The zero-order chi connectivity index (χ0) is 14.7. The van der Waals surface area contributed by atoms with Crippen molar-refractivity contribution < 1.29 is 14.7 Å². The second-order valence-electron chi connectivity index (χ2n) is 4.10. The number of nitrogens with zero attached hydrogens (tertiary/aromatic N) is 1. The number of aromatic nitrogens is 2. The summed E-state index contributed by atoms with van der Waals surface area (Å²) < 4.78 is 0. The van der Waals surface area contributed by atoms with Gasteiger partial charge in [-0.2, -0.15) is 5.10 Å². The number of aryl methyl sites for hydroxylation is 1. The van der Waals surface area contributed by atoms with Crippen LogP contribution in [0.3, 0.4) is 0 Å². The molecule has 0 saturated heterocycles. The SMILES string of the molecule is Cc1ccc(NC(=O)c2ccc(=O)[nH]n2)cc1C(=O)O. The molecule has 0 bridgehead atoms. The summed E-state index contributed by atoms with van der Waals surface area (Å²) in [5.41, 5.74) is 0.660. The van der Waals surface area contributed by atoms with Crippen LogP contribution >= 0.6 is 0 Å². The first-order valence-corrected chi connectivity index (χ1v) is 5.68. The number of anilines is 1. The number of H-pyrrole nitrogens is 1. The zero-order valence-electron chi connectivity index (χ0n) is 10.5. The van der Waals surface area contributed by atoms with Gasteiger partial charge in [0.2, 0.25) is 0 Å². The van der Waals surface area contributed by atoms with Gasteiger partial charge in [0.25, 0.3) is 11.5 Å². The van der Waals surface area contributed by atoms with Gasteiger partial charge < -0.3 is 10.4 Å². The van der Waals surface area contributed by atoms with Gasteiger partial charge in [0.05, 0.1) is 5.56 Å². The van der Waals surface area contributed by atoms with E-state index in [2.05, 4.69) is 15.5 Å². The Labute approximate surface area is 113 Å². The molecule has 3 N–H and O–H groups in total. The fourth-order valence-electron chi connectivity index (χ4n) is 1.60. The van der Waals surface area contributed by atoms with Crippen LogP contribution in [0.25, 0.3) is 0 Å². The fourth-order valence-corrected chi connectivity index (χ4v) is 1.60. The number of nitrogens with one attached hydrogen (secondary N) is 2. The van der Waals surface area contributed by atoms with Gasteiger partial charge in [0.15, 0.2) is 0 Å². The van der Waals surface area contributed by atoms with Gasteiger partial charge in [-0.3, -0.25) is 9.59 Å². The quantitative estimate of drug-likeness (QED) is 0.773. The first-order valence-electron chi connectivity index (χ1n) is 5.68. The van der Waals surface area contributed by atoms with Gasteiger partial charge in [-0.05, 0) is 30.7 Å². The summed E-state index contributed by atoms with van der Waals surface area (Å²) in [6.07, 6.45) is 0. The molecule has 1 heterocycles. The number of benzene rings is 1. The minimum Gasteiger partial charge on any atom is -0.478 e. The molecule has 0 aliphatic rings. The Balaban J connectivity index is 2.24. The largest absolute Gasteiger partial charge is 0.478 e. The summed E-state index contributed by atoms with van der Waals surface area (Å²) in [6.45, 7) is 1.67. The number of aromatic amines is 1. The summed E-state index contributed by atoms with van der Waals surface area (Å²) in [5.74, 6) is -1.61. The fraction of sp³-hybridized carbons (Fsp3) is 0.0769. The maximum atomic E-state index is 11.8. The van der Waals surface area contributed by atoms with E-state index >= 15 is 0 Å². The molecule has 2 aromatic rings. The van der Waals surface area contributed by atoms with Crippen LogP contribution in [0.5, 0.6) is 0 Å². The van der Waals surface area contributed by atoms with Gasteiger partial charge in [0.1, 0.15) is 5.69 Å². The molecule has 0 aliphatic heterocycles. The lowest BCUT2D eigenvalue weighted by atomic mass is 10.1. The molecule has 0 unspecified atom stereocenters. The normalized spacial score (nSPS) is 10.1. The number of carbonyl (C=O) groups excluding carboxylic acids is 1. The number of carboxylic acids is 1. The van der Waals surface area contributed by atoms with Crippen LogP contribution in [-0.4, -0.2) is 27.2 Å². The molecule has 1 aromatic carbocycles. The molecule has 0 radical (unpaired) electrons. The highest BCUT2D eigenvalue weighted by Gasteiger charge is 2.11. The smallest absolute Gasteiger partial charge is 0.336 e. The van der Waals surface area contributed by atoms with Crippen LogP contribution in [0.15, 0.2) is 35.1 Å². The number of amides is 1. The first-order chi connectivity index (χ1) is 9.47. The Bertz CT molecular complexity index is 716. The molecule has 0 saturated carbocycles. The van der Waals surface area contributed by atoms with Gasteiger partial charge in [-0.1, -0.05) is 6.07 Å². The van der Waals surface area contributed by atoms with Gasteiger partial charge in [0, 0.05) is 11.8 Å². The van der Waals surface area contributed by atoms with Crippen molar-refractivity contribution in [3.63, 3.8) is 0 Å². The monoisotopic (exact) mass is 273 g/mol. The molecule has 0 spiro atoms. The third-order valence-electron chi connectivity index (χ3n) is 2.64. The number of hydrogen-bond donors (Lipinski definition) is 3. The Kier molecular flexibility index (Phi) is 3.60. The van der Waals surface area contributed by atoms with Crippen LogP contribution in [0, 0.1) is 6.92 Å². The molecule has 20 heavy (non-hydrogen) atoms. The van der Waals surface area contributed by atoms with E-state index < -0.39 is 17.4 Å². The topological polar surface area (TPSA) is 112 Å². The lowest BCUT2D eigenvalue weighted by Gasteiger charge is -2.07. The van der Waals surface area contributed by atoms with E-state index in [9.17, 15) is 14.4 Å². The van der Waals surface area contributed by atoms with Crippen molar-refractivity contribution >= 4 is 17.6 Å². The van der Waals surface area contributed by atoms with Crippen molar-refractivity contribution in [2.24, 2.45) is 0 Å². The predicted octanol–water partition coefficient (Wildman–Crippen LogP) is 1.03. The van der Waals surface area contributed by atoms with Gasteiger partial charge >= 0.3 is 5.97 Å². The Morgan fingerprint density at radius 1 is 1.25 bits per heavy atom. The van der Waals surface area contributed by atoms with Crippen molar-refractivity contribution in [2.75, 3.05) is 5.32 Å². The lowest BCUT2D eigenvalue weighted by Crippen LogP contribution is -2.17. The van der Waals surface area contributed by atoms with Crippen LogP contribution in [-0.2, 0) is 0 Å². The molecule has 0 atom stereocenters. The summed E-state index contributed by atoms with van der Waals surface area (Å²) in [7, 11) is 0. The minimum absolute atomic E-state index is 0.0297. The van der Waals surface area contributed by atoms with E-state index in [1.165, 1.54) is 18.2 Å². The average molecular weight is 273 g/mol. The molecule has 1 amide bonds. The van der Waals surface area contributed by atoms with Crippen LogP contribution in [0.1, 0.15) is 26.4 Å². The number of carbonyl (C=O) groups is 2. The maximum absolute atomic E-state index is 11.8. The highest BCUT2D eigenvalue weighted by molar-refractivity contribution is 6.03. The molecule has 0 fully saturated rings. The van der Waals surface area contributed by atoms with Crippen molar-refractivity contribution in [1.29, 1.82) is 0 Å². The molecule has 2 rings (SSSR count). The molecule has 7 nitrogen and oxygen atoms in total. The minimum atomic E-state index is -1.07. The number of aromatic carboxylic acids is 1. The van der Waals surface area contributed by atoms with Gasteiger partial charge in [-0.25, -0.2) is 9.89 Å². The third kappa shape index (κ3) is 2.89. The molecular weight excluding hydrogens is 262 g/mol. The molecule has 102 valence electrons. The molecule has 7 heteroatoms. The van der Waals surface area contributed by atoms with Crippen LogP contribution < -0.4 is 10.9 Å². The summed E-state index contributed by atoms with van der Waals surface area (Å²) >= 11 is 0. The van der Waals surface area contributed by atoms with E-state index in [0.29, 0.717) is 11.3 Å². The Morgan fingerprint density at radius 3 is 2.60 bits per heavy atom. The van der Waals surface area contributed by atoms with Crippen molar-refractivity contribution in [1.82, 2.24) is 10.2 Å². The van der Waals surface area contributed by atoms with E-state index in [1.807, 2.05) is 0 Å². The molecule has 0 aliphatic carbocycles. The third-order valence-corrected chi connectivity index (χ3v) is 2.64. The molecular formula is C13H11N3O4. The highest BCUT2D eigenvalue weighted by atomic mass is 16.4. The number of hydrogen-bond acceptors (Lipinski definition) is 4. The molecule has 1 aromatic heterocycles. The average Bonchev–Trinajstić information content (AvgIpc) is 2.41. The van der Waals surface area contributed by atoms with E-state index in [0.717, 1.165) is 0 Å². The van der Waals surface area contributed by atoms with Gasteiger partial charge in [-0.15, -0.1) is 0 Å². The summed E-state index contributed by atoms with van der Waals surface area (Å²) in [6, 6.07) is 7.01. The second kappa shape index (κ2) is 5.35. The highest BCUT2D eigenvalue weighted by Crippen LogP contribution is 2.15. The van der Waals surface area contributed by atoms with Crippen molar-refractivity contribution in [2.45, 2.75) is 6.92 Å².